The molecule has 0 spiro atoms. The maximum absolute atomic E-state index is 12.0. The average molecular weight is 570 g/mol. The van der Waals surface area contributed by atoms with E-state index in [-0.39, 0.29) is 30.0 Å². The molecule has 0 aromatic heterocycles. The normalized spacial score (nSPS) is 21.6. The number of ether oxygens (including phenoxy) is 5. The highest BCUT2D eigenvalue weighted by Gasteiger charge is 2.38. The number of hydrogen-bond donors (Lipinski definition) is 2. The summed E-state index contributed by atoms with van der Waals surface area (Å²) in [5.74, 6) is 1.35. The predicted molar refractivity (Wildman–Crippen MR) is 160 cm³/mol. The maximum atomic E-state index is 12.0. The first-order chi connectivity index (χ1) is 19.7. The number of benzene rings is 2. The van der Waals surface area contributed by atoms with E-state index in [4.69, 9.17) is 29.4 Å². The van der Waals surface area contributed by atoms with E-state index in [1.807, 2.05) is 39.0 Å². The van der Waals surface area contributed by atoms with Crippen LogP contribution >= 0.6 is 0 Å². The van der Waals surface area contributed by atoms with Crippen LogP contribution in [0.3, 0.4) is 0 Å². The van der Waals surface area contributed by atoms with E-state index in [9.17, 15) is 4.79 Å². The van der Waals surface area contributed by atoms with E-state index in [0.29, 0.717) is 32.9 Å². The molecule has 2 aliphatic rings. The number of nitrogens with two attached hydrogens (primary N) is 1. The molecule has 4 rings (SSSR count). The first kappa shape index (κ1) is 31.1. The van der Waals surface area contributed by atoms with Crippen LogP contribution in [0.4, 0.5) is 5.69 Å². The van der Waals surface area contributed by atoms with Gasteiger partial charge >= 0.3 is 0 Å². The van der Waals surface area contributed by atoms with Gasteiger partial charge in [-0.1, -0.05) is 39.0 Å². The molecular formula is C32H47N3O6. The second-order valence-corrected chi connectivity index (χ2v) is 11.6. The molecule has 1 amide bonds. The number of fused-ring (bicyclic) bond motifs is 1. The first-order valence-electron chi connectivity index (χ1n) is 14.6. The van der Waals surface area contributed by atoms with Crippen LogP contribution in [-0.4, -0.2) is 78.3 Å². The monoisotopic (exact) mass is 569 g/mol. The summed E-state index contributed by atoms with van der Waals surface area (Å²) < 4.78 is 29.7. The summed E-state index contributed by atoms with van der Waals surface area (Å²) in [5.41, 5.74) is 8.34. The van der Waals surface area contributed by atoms with Crippen LogP contribution in [0.5, 0.6) is 11.5 Å². The Hall–Kier alpha value is -2.85. The van der Waals surface area contributed by atoms with Crippen LogP contribution in [0, 0.1) is 11.3 Å². The van der Waals surface area contributed by atoms with Crippen LogP contribution in [0.15, 0.2) is 42.5 Å². The largest absolute Gasteiger partial charge is 0.497 e. The lowest BCUT2D eigenvalue weighted by Gasteiger charge is -2.40. The summed E-state index contributed by atoms with van der Waals surface area (Å²) in [6, 6.07) is 14.4. The van der Waals surface area contributed by atoms with E-state index in [1.165, 1.54) is 0 Å². The molecule has 1 saturated heterocycles. The number of rotatable bonds is 14. The number of nitrogens with zero attached hydrogens (tertiary/aromatic N) is 1. The standard InChI is InChI=1S/C32H47N3O6/c1-22(32(2,3)31(33)36)20-40-28-18-34-19-29(30(28)24-8-10-25(38-5)11-9-24)41-21-23-7-12-27-26(17-23)35(14-16-39-27)13-6-15-37-4/h7-12,17,22,28-30,34H,6,13-16,18-21H2,1-5H3,(H2,33,36)/t22-,28+,29-,30+/m0/s1. The first-order valence-corrected chi connectivity index (χ1v) is 14.6. The van der Waals surface area contributed by atoms with Crippen LogP contribution in [-0.2, 0) is 25.6 Å². The van der Waals surface area contributed by atoms with Gasteiger partial charge in [-0.2, -0.15) is 0 Å². The molecular weight excluding hydrogens is 522 g/mol. The summed E-state index contributed by atoms with van der Waals surface area (Å²) in [5, 5.41) is 3.51. The third-order valence-electron chi connectivity index (χ3n) is 8.64. The van der Waals surface area contributed by atoms with Gasteiger partial charge in [0.25, 0.3) is 0 Å². The minimum atomic E-state index is -0.665. The number of methoxy groups -OCH3 is 2. The van der Waals surface area contributed by atoms with Gasteiger partial charge in [-0.3, -0.25) is 4.79 Å². The third kappa shape index (κ3) is 7.71. The van der Waals surface area contributed by atoms with Gasteiger partial charge in [-0.25, -0.2) is 0 Å². The van der Waals surface area contributed by atoms with Crippen LogP contribution in [0.25, 0.3) is 0 Å². The fraction of sp³-hybridized carbons (Fsp3) is 0.594. The van der Waals surface area contributed by atoms with Crippen LogP contribution in [0.2, 0.25) is 0 Å². The highest BCUT2D eigenvalue weighted by Crippen LogP contribution is 2.36. The molecule has 2 aromatic rings. The van der Waals surface area contributed by atoms with Crippen molar-refractivity contribution in [2.24, 2.45) is 17.1 Å². The minimum absolute atomic E-state index is 0.00227. The SMILES string of the molecule is COCCCN1CCOc2ccc(CO[C@H]3CNC[C@@H](OC[C@H](C)C(C)(C)C(N)=O)[C@H]3c3ccc(OC)cc3)cc21. The molecule has 2 heterocycles. The minimum Gasteiger partial charge on any atom is -0.497 e. The zero-order valence-electron chi connectivity index (χ0n) is 25.2. The number of carbonyl (C=O) groups excluding carboxylic acids is 1. The summed E-state index contributed by atoms with van der Waals surface area (Å²) in [6.07, 6.45) is 0.707. The Labute approximate surface area is 244 Å². The van der Waals surface area contributed by atoms with E-state index in [1.54, 1.807) is 14.2 Å². The van der Waals surface area contributed by atoms with Crippen molar-refractivity contribution in [1.29, 1.82) is 0 Å². The fourth-order valence-electron chi connectivity index (χ4n) is 5.40. The summed E-state index contributed by atoms with van der Waals surface area (Å²) in [7, 11) is 3.40. The van der Waals surface area contributed by atoms with Crippen molar-refractivity contribution in [2.75, 3.05) is 65.1 Å². The topological polar surface area (TPSA) is 105 Å². The Balaban J connectivity index is 1.50. The molecule has 2 aliphatic heterocycles. The lowest BCUT2D eigenvalue weighted by atomic mass is 9.79. The van der Waals surface area contributed by atoms with Crippen molar-refractivity contribution in [3.8, 4) is 11.5 Å². The molecule has 9 nitrogen and oxygen atoms in total. The summed E-state index contributed by atoms with van der Waals surface area (Å²) >= 11 is 0. The van der Waals surface area contributed by atoms with E-state index >= 15 is 0 Å². The summed E-state index contributed by atoms with van der Waals surface area (Å²) in [6.45, 7) is 11.2. The molecule has 0 bridgehead atoms. The second kappa shape index (κ2) is 14.4. The molecule has 41 heavy (non-hydrogen) atoms. The molecule has 4 atom stereocenters. The zero-order chi connectivity index (χ0) is 29.4. The van der Waals surface area contributed by atoms with Gasteiger partial charge in [0.05, 0.1) is 44.8 Å². The molecule has 1 fully saturated rings. The number of carbonyl (C=O) groups is 1. The highest BCUT2D eigenvalue weighted by atomic mass is 16.5. The molecule has 2 aromatic carbocycles. The van der Waals surface area contributed by atoms with Gasteiger partial charge in [0.1, 0.15) is 18.1 Å². The highest BCUT2D eigenvalue weighted by molar-refractivity contribution is 5.80. The number of primary amides is 1. The van der Waals surface area contributed by atoms with E-state index in [0.717, 1.165) is 54.4 Å². The molecule has 226 valence electrons. The van der Waals surface area contributed by atoms with Crippen LogP contribution < -0.4 is 25.4 Å². The quantitative estimate of drug-likeness (QED) is 0.332. The fourth-order valence-corrected chi connectivity index (χ4v) is 5.40. The molecule has 0 unspecified atom stereocenters. The predicted octanol–water partition coefficient (Wildman–Crippen LogP) is 3.74. The Kier molecular flexibility index (Phi) is 10.9. The van der Waals surface area contributed by atoms with Crippen molar-refractivity contribution in [1.82, 2.24) is 5.32 Å². The van der Waals surface area contributed by atoms with Gasteiger partial charge in [-0.05, 0) is 47.7 Å². The van der Waals surface area contributed by atoms with Gasteiger partial charge < -0.3 is 39.6 Å². The van der Waals surface area contributed by atoms with Crippen molar-refractivity contribution in [3.63, 3.8) is 0 Å². The molecule has 0 radical (unpaired) electrons. The van der Waals surface area contributed by atoms with Crippen molar-refractivity contribution >= 4 is 11.6 Å². The van der Waals surface area contributed by atoms with Crippen molar-refractivity contribution in [2.45, 2.75) is 51.9 Å². The summed E-state index contributed by atoms with van der Waals surface area (Å²) in [4.78, 5) is 14.4. The molecule has 0 aliphatic carbocycles. The smallest absolute Gasteiger partial charge is 0.223 e. The van der Waals surface area contributed by atoms with Gasteiger partial charge in [0.15, 0.2) is 0 Å². The Morgan fingerprint density at radius 2 is 1.85 bits per heavy atom. The number of nitrogens with one attached hydrogen (secondary N) is 1. The number of amides is 1. The second-order valence-electron chi connectivity index (χ2n) is 11.6. The lowest BCUT2D eigenvalue weighted by Crippen LogP contribution is -2.51. The molecule has 9 heteroatoms. The van der Waals surface area contributed by atoms with Crippen molar-refractivity contribution in [3.05, 3.63) is 53.6 Å². The average Bonchev–Trinajstić information content (AvgIpc) is 2.98. The van der Waals surface area contributed by atoms with Gasteiger partial charge in [0, 0.05) is 44.7 Å². The Bertz CT molecular complexity index is 1120. The Morgan fingerprint density at radius 1 is 1.12 bits per heavy atom. The zero-order valence-corrected chi connectivity index (χ0v) is 25.2. The van der Waals surface area contributed by atoms with Crippen molar-refractivity contribution < 1.29 is 28.5 Å². The van der Waals surface area contributed by atoms with Crippen LogP contribution in [0.1, 0.15) is 44.2 Å². The molecule has 3 N–H and O–H groups in total. The number of anilines is 1. The third-order valence-corrected chi connectivity index (χ3v) is 8.64. The van der Waals surface area contributed by atoms with Gasteiger partial charge in [0.2, 0.25) is 5.91 Å². The maximum Gasteiger partial charge on any atom is 0.223 e. The van der Waals surface area contributed by atoms with E-state index in [2.05, 4.69) is 34.5 Å². The molecule has 0 saturated carbocycles. The number of hydrogen-bond acceptors (Lipinski definition) is 8. The van der Waals surface area contributed by atoms with E-state index < -0.39 is 5.41 Å². The Morgan fingerprint density at radius 3 is 2.54 bits per heavy atom. The number of piperidine rings is 1. The van der Waals surface area contributed by atoms with Gasteiger partial charge in [-0.15, -0.1) is 0 Å². The lowest BCUT2D eigenvalue weighted by molar-refractivity contribution is -0.131.